The van der Waals surface area contributed by atoms with Gasteiger partial charge in [0.2, 0.25) is 0 Å². The lowest BCUT2D eigenvalue weighted by Crippen LogP contribution is -2.25. The Morgan fingerprint density at radius 1 is 0.358 bits per heavy atom. The van der Waals surface area contributed by atoms with Crippen LogP contribution in [0.4, 0.5) is 0 Å². The molecular weight excluding hydrogens is 664 g/mol. The summed E-state index contributed by atoms with van der Waals surface area (Å²) in [5, 5.41) is 0. The van der Waals surface area contributed by atoms with Gasteiger partial charge in [0.05, 0.1) is 13.2 Å². The molecule has 0 saturated carbocycles. The normalized spacial score (nSPS) is 13.4. The smallest absolute Gasteiger partial charge is 0.180 e. The Kier molecular flexibility index (Phi) is 43.3. The van der Waals surface area contributed by atoms with Crippen LogP contribution in [0.15, 0.2) is 24.3 Å². The molecule has 0 N–H and O–H groups in total. The first-order valence-electron chi connectivity index (χ1n) is 22.5. The van der Waals surface area contributed by atoms with Crippen molar-refractivity contribution in [3.63, 3.8) is 0 Å². The van der Waals surface area contributed by atoms with Crippen molar-refractivity contribution in [2.24, 2.45) is 0 Å². The number of ether oxygens (including phenoxy) is 7. The fraction of sp³-hybridized carbons (Fsp3) is 0.913. The molecule has 0 aliphatic rings. The molecule has 0 aromatic heterocycles. The van der Waals surface area contributed by atoms with Crippen molar-refractivity contribution in [1.29, 1.82) is 0 Å². The highest BCUT2D eigenvalue weighted by Crippen LogP contribution is 2.16. The van der Waals surface area contributed by atoms with Gasteiger partial charge >= 0.3 is 0 Å². The second kappa shape index (κ2) is 43.9. The van der Waals surface area contributed by atoms with Crippen molar-refractivity contribution in [1.82, 2.24) is 0 Å². The summed E-state index contributed by atoms with van der Waals surface area (Å²) in [5.74, 6) is 0. The third-order valence-corrected chi connectivity index (χ3v) is 10.1. The van der Waals surface area contributed by atoms with Crippen molar-refractivity contribution < 1.29 is 33.2 Å². The number of methoxy groups -OCH3 is 4. The maximum absolute atomic E-state index is 6.52. The number of allylic oxidation sites excluding steroid dienone is 2. The minimum Gasteiger partial charge on any atom is -0.356 e. The van der Waals surface area contributed by atoms with Gasteiger partial charge in [0.1, 0.15) is 0 Å². The molecule has 0 bridgehead atoms. The van der Waals surface area contributed by atoms with E-state index in [2.05, 4.69) is 38.2 Å². The highest BCUT2D eigenvalue weighted by atomic mass is 16.8. The molecule has 2 atom stereocenters. The van der Waals surface area contributed by atoms with Gasteiger partial charge in [-0.05, 0) is 76.4 Å². The highest BCUT2D eigenvalue weighted by molar-refractivity contribution is 4.89. The second-order valence-corrected chi connectivity index (χ2v) is 14.9. The molecule has 0 radical (unpaired) electrons. The third-order valence-electron chi connectivity index (χ3n) is 10.1. The van der Waals surface area contributed by atoms with E-state index in [1.54, 1.807) is 28.4 Å². The monoisotopic (exact) mass is 755 g/mol. The minimum atomic E-state index is -0.379. The summed E-state index contributed by atoms with van der Waals surface area (Å²) in [6.07, 6.45) is 44.6. The van der Waals surface area contributed by atoms with Crippen molar-refractivity contribution in [2.75, 3.05) is 41.7 Å². The maximum atomic E-state index is 6.52. The van der Waals surface area contributed by atoms with Gasteiger partial charge in [0.25, 0.3) is 0 Å². The predicted octanol–water partition coefficient (Wildman–Crippen LogP) is 13.8. The largest absolute Gasteiger partial charge is 0.356 e. The molecule has 0 heterocycles. The van der Waals surface area contributed by atoms with Crippen LogP contribution < -0.4 is 0 Å². The van der Waals surface area contributed by atoms with E-state index in [1.165, 1.54) is 154 Å². The van der Waals surface area contributed by atoms with Crippen molar-refractivity contribution in [3.8, 4) is 0 Å². The van der Waals surface area contributed by atoms with Gasteiger partial charge in [-0.3, -0.25) is 0 Å². The molecule has 7 nitrogen and oxygen atoms in total. The summed E-state index contributed by atoms with van der Waals surface area (Å²) >= 11 is 0. The first-order chi connectivity index (χ1) is 26.1. The average molecular weight is 755 g/mol. The molecule has 0 rings (SSSR count). The zero-order chi connectivity index (χ0) is 38.7. The van der Waals surface area contributed by atoms with Crippen molar-refractivity contribution in [2.45, 2.75) is 232 Å². The minimum absolute atomic E-state index is 0.0550. The number of hydrogen-bond acceptors (Lipinski definition) is 7. The third kappa shape index (κ3) is 37.9. The summed E-state index contributed by atoms with van der Waals surface area (Å²) < 4.78 is 40.4. The summed E-state index contributed by atoms with van der Waals surface area (Å²) in [7, 11) is 6.87. The SMILES string of the molecule is CCCCCCCCOC(C=CCCCCCCCCCC(OC)OC)OC(C=CCCCCCCCCCC(OC)OC)OCCCCCCCC. The maximum Gasteiger partial charge on any atom is 0.180 e. The molecule has 0 aromatic rings. The Labute approximate surface area is 330 Å². The molecule has 0 amide bonds. The van der Waals surface area contributed by atoms with Crippen LogP contribution in [0.3, 0.4) is 0 Å². The Bertz CT molecular complexity index is 677. The molecule has 7 heteroatoms. The van der Waals surface area contributed by atoms with Crippen LogP contribution in [-0.2, 0) is 33.2 Å². The van der Waals surface area contributed by atoms with Crippen LogP contribution in [0, 0.1) is 0 Å². The van der Waals surface area contributed by atoms with Crippen molar-refractivity contribution in [3.05, 3.63) is 24.3 Å². The van der Waals surface area contributed by atoms with Crippen LogP contribution in [0.2, 0.25) is 0 Å². The van der Waals surface area contributed by atoms with Gasteiger partial charge in [-0.2, -0.15) is 0 Å². The molecule has 0 aliphatic carbocycles. The van der Waals surface area contributed by atoms with E-state index < -0.39 is 0 Å². The first kappa shape index (κ1) is 52.2. The molecule has 316 valence electrons. The lowest BCUT2D eigenvalue weighted by molar-refractivity contribution is -0.208. The standard InChI is InChI=1S/C46H90O7/c1-7-9-11-13-29-35-41-51-45(39-33-27-23-19-15-17-21-25-31-37-43(47-3)48-4)53-46(52-42-36-30-14-12-10-8-2)40-34-28-24-20-16-18-22-26-32-38-44(49-5)50-6/h33-34,39-40,43-46H,7-32,35-38,41-42H2,1-6H3. The molecule has 2 unspecified atom stereocenters. The van der Waals surface area contributed by atoms with Crippen LogP contribution in [-0.4, -0.2) is 66.8 Å². The number of unbranched alkanes of at least 4 members (excludes halogenated alkanes) is 24. The summed E-state index contributed by atoms with van der Waals surface area (Å²) in [5.41, 5.74) is 0. The Morgan fingerprint density at radius 2 is 0.660 bits per heavy atom. The topological polar surface area (TPSA) is 64.6 Å². The zero-order valence-corrected chi connectivity index (χ0v) is 36.1. The summed E-state index contributed by atoms with van der Waals surface area (Å²) in [4.78, 5) is 0. The molecule has 0 fully saturated rings. The Balaban J connectivity index is 4.84. The Morgan fingerprint density at radius 3 is 1.00 bits per heavy atom. The first-order valence-corrected chi connectivity index (χ1v) is 22.5. The van der Waals surface area contributed by atoms with E-state index in [9.17, 15) is 0 Å². The van der Waals surface area contributed by atoms with E-state index in [0.29, 0.717) is 0 Å². The Hall–Kier alpha value is -0.800. The molecule has 0 spiro atoms. The molecule has 0 aromatic carbocycles. The van der Waals surface area contributed by atoms with Crippen molar-refractivity contribution >= 4 is 0 Å². The van der Waals surface area contributed by atoms with Gasteiger partial charge in [0.15, 0.2) is 25.2 Å². The zero-order valence-electron chi connectivity index (χ0n) is 36.1. The number of hydrogen-bond donors (Lipinski definition) is 0. The number of rotatable bonds is 44. The molecular formula is C46H90O7. The summed E-state index contributed by atoms with van der Waals surface area (Å²) in [6, 6.07) is 0. The highest BCUT2D eigenvalue weighted by Gasteiger charge is 2.14. The van der Waals surface area contributed by atoms with E-state index >= 15 is 0 Å². The molecule has 0 saturated heterocycles. The van der Waals surface area contributed by atoms with Gasteiger partial charge in [-0.25, -0.2) is 0 Å². The average Bonchev–Trinajstić information content (AvgIpc) is 3.17. The van der Waals surface area contributed by atoms with Gasteiger partial charge in [-0.15, -0.1) is 0 Å². The van der Waals surface area contributed by atoms with Gasteiger partial charge in [-0.1, -0.05) is 154 Å². The van der Waals surface area contributed by atoms with Crippen LogP contribution >= 0.6 is 0 Å². The van der Waals surface area contributed by atoms with Gasteiger partial charge < -0.3 is 33.2 Å². The predicted molar refractivity (Wildman–Crippen MR) is 224 cm³/mol. The van der Waals surface area contributed by atoms with Crippen LogP contribution in [0.5, 0.6) is 0 Å². The molecule has 0 aliphatic heterocycles. The molecule has 53 heavy (non-hydrogen) atoms. The quantitative estimate of drug-likeness (QED) is 0.0349. The second-order valence-electron chi connectivity index (χ2n) is 14.9. The van der Waals surface area contributed by atoms with Gasteiger partial charge in [0, 0.05) is 28.4 Å². The van der Waals surface area contributed by atoms with E-state index in [-0.39, 0.29) is 25.2 Å². The van der Waals surface area contributed by atoms with E-state index in [4.69, 9.17) is 33.2 Å². The lowest BCUT2D eigenvalue weighted by Gasteiger charge is -2.22. The lowest BCUT2D eigenvalue weighted by atomic mass is 10.1. The van der Waals surface area contributed by atoms with E-state index in [0.717, 1.165) is 51.7 Å². The van der Waals surface area contributed by atoms with Crippen LogP contribution in [0.25, 0.3) is 0 Å². The van der Waals surface area contributed by atoms with E-state index in [1.807, 2.05) is 0 Å². The fourth-order valence-corrected chi connectivity index (χ4v) is 6.57. The van der Waals surface area contributed by atoms with Crippen LogP contribution in [0.1, 0.15) is 206 Å². The fourth-order valence-electron chi connectivity index (χ4n) is 6.57. The summed E-state index contributed by atoms with van der Waals surface area (Å²) in [6.45, 7) is 5.99.